The van der Waals surface area contributed by atoms with Crippen molar-refractivity contribution in [3.63, 3.8) is 0 Å². The lowest BCUT2D eigenvalue weighted by molar-refractivity contribution is -0.154. The van der Waals surface area contributed by atoms with Gasteiger partial charge in [-0.3, -0.25) is 9.69 Å². The molecule has 24 heavy (non-hydrogen) atoms. The zero-order chi connectivity index (χ0) is 16.3. The molecule has 0 aliphatic carbocycles. The molecule has 126 valence electrons. The van der Waals surface area contributed by atoms with E-state index in [9.17, 15) is 4.79 Å². The van der Waals surface area contributed by atoms with Gasteiger partial charge in [-0.2, -0.15) is 0 Å². The molecule has 1 unspecified atom stereocenters. The fourth-order valence-electron chi connectivity index (χ4n) is 4.31. The van der Waals surface area contributed by atoms with Crippen molar-refractivity contribution in [3.8, 4) is 0 Å². The molecule has 4 nitrogen and oxygen atoms in total. The zero-order valence-corrected chi connectivity index (χ0v) is 15.0. The lowest BCUT2D eigenvalue weighted by Crippen LogP contribution is -2.48. The van der Waals surface area contributed by atoms with E-state index in [0.29, 0.717) is 24.3 Å². The average Bonchev–Trinajstić information content (AvgIpc) is 2.89. The Morgan fingerprint density at radius 2 is 1.75 bits per heavy atom. The standard InChI is InChI=1S/C18H19NO3S2/c1-19-11-8-10(9-12(19)17-16(11)22-17)21-18(20)15(13-4-2-6-23-13)14-5-3-7-24-14/h2-7,10-12,15-17H,8-9H2,1H3/t10?,11-,12+,16-,17+. The summed E-state index contributed by atoms with van der Waals surface area (Å²) in [5, 5.41) is 4.04. The van der Waals surface area contributed by atoms with Gasteiger partial charge in [0.1, 0.15) is 24.2 Å². The van der Waals surface area contributed by atoms with Crippen molar-refractivity contribution in [2.45, 2.75) is 49.2 Å². The molecule has 5 heterocycles. The van der Waals surface area contributed by atoms with Crippen LogP contribution in [0.1, 0.15) is 28.5 Å². The van der Waals surface area contributed by atoms with Gasteiger partial charge in [0.05, 0.1) is 0 Å². The highest BCUT2D eigenvalue weighted by Crippen LogP contribution is 2.48. The number of hydrogen-bond donors (Lipinski definition) is 0. The molecule has 3 aliphatic rings. The number of piperidine rings is 1. The molecular formula is C18H19NO3S2. The summed E-state index contributed by atoms with van der Waals surface area (Å²) >= 11 is 3.24. The van der Waals surface area contributed by atoms with Crippen LogP contribution in [-0.4, -0.2) is 48.3 Å². The van der Waals surface area contributed by atoms with Crippen LogP contribution in [0, 0.1) is 0 Å². The van der Waals surface area contributed by atoms with Crippen molar-refractivity contribution in [2.24, 2.45) is 0 Å². The molecule has 0 aromatic carbocycles. The third-order valence-electron chi connectivity index (χ3n) is 5.55. The summed E-state index contributed by atoms with van der Waals surface area (Å²) in [7, 11) is 2.17. The number of likely N-dealkylation sites (N-methyl/N-ethyl adjacent to an activating group) is 1. The summed E-state index contributed by atoms with van der Waals surface area (Å²) in [5.41, 5.74) is 0. The smallest absolute Gasteiger partial charge is 0.319 e. The van der Waals surface area contributed by atoms with Crippen molar-refractivity contribution in [1.82, 2.24) is 4.90 Å². The summed E-state index contributed by atoms with van der Waals surface area (Å²) in [5.74, 6) is -0.392. The Labute approximate surface area is 149 Å². The minimum absolute atomic E-state index is 0.0162. The minimum Gasteiger partial charge on any atom is -0.461 e. The number of thiophene rings is 2. The second-order valence-corrected chi connectivity index (χ2v) is 8.82. The second kappa shape index (κ2) is 5.66. The molecule has 2 bridgehead atoms. The lowest BCUT2D eigenvalue weighted by Gasteiger charge is -2.38. The first kappa shape index (κ1) is 15.1. The van der Waals surface area contributed by atoms with Crippen LogP contribution in [-0.2, 0) is 14.3 Å². The van der Waals surface area contributed by atoms with Crippen molar-refractivity contribution in [3.05, 3.63) is 44.8 Å². The maximum absolute atomic E-state index is 13.0. The molecule has 2 aromatic heterocycles. The molecule has 3 saturated heterocycles. The Morgan fingerprint density at radius 3 is 2.25 bits per heavy atom. The third-order valence-corrected chi connectivity index (χ3v) is 7.42. The van der Waals surface area contributed by atoms with Gasteiger partial charge in [-0.1, -0.05) is 12.1 Å². The number of carbonyl (C=O) groups is 1. The first-order chi connectivity index (χ1) is 11.7. The Balaban J connectivity index is 1.34. The maximum Gasteiger partial charge on any atom is 0.319 e. The Morgan fingerprint density at radius 1 is 1.17 bits per heavy atom. The molecule has 3 aliphatic heterocycles. The molecule has 0 N–H and O–H groups in total. The van der Waals surface area contributed by atoms with Crippen LogP contribution >= 0.6 is 22.7 Å². The van der Waals surface area contributed by atoms with Gasteiger partial charge in [-0.05, 0) is 29.9 Å². The number of epoxide rings is 1. The number of carbonyl (C=O) groups excluding carboxylic acids is 1. The van der Waals surface area contributed by atoms with E-state index in [1.165, 1.54) is 0 Å². The number of hydrogen-bond acceptors (Lipinski definition) is 6. The van der Waals surface area contributed by atoms with Crippen molar-refractivity contribution in [2.75, 3.05) is 7.05 Å². The van der Waals surface area contributed by atoms with Gasteiger partial charge in [0.15, 0.2) is 0 Å². The Hall–Kier alpha value is -1.21. The van der Waals surface area contributed by atoms with E-state index < -0.39 is 0 Å². The van der Waals surface area contributed by atoms with E-state index in [4.69, 9.17) is 9.47 Å². The third kappa shape index (κ3) is 2.36. The summed E-state index contributed by atoms with van der Waals surface area (Å²) in [4.78, 5) is 17.5. The lowest BCUT2D eigenvalue weighted by atomic mass is 9.99. The first-order valence-electron chi connectivity index (χ1n) is 8.37. The normalized spacial score (nSPS) is 34.3. The van der Waals surface area contributed by atoms with Crippen LogP contribution in [0.5, 0.6) is 0 Å². The fraction of sp³-hybridized carbons (Fsp3) is 0.500. The van der Waals surface area contributed by atoms with Crippen LogP contribution in [0.25, 0.3) is 0 Å². The highest BCUT2D eigenvalue weighted by Gasteiger charge is 2.62. The molecule has 5 atom stereocenters. The van der Waals surface area contributed by atoms with Gasteiger partial charge in [0.25, 0.3) is 0 Å². The number of fused-ring (bicyclic) bond motifs is 5. The van der Waals surface area contributed by atoms with Crippen LogP contribution in [0.2, 0.25) is 0 Å². The average molecular weight is 361 g/mol. The molecule has 0 amide bonds. The van der Waals surface area contributed by atoms with Gasteiger partial charge in [-0.25, -0.2) is 0 Å². The number of morpholine rings is 1. The molecule has 3 fully saturated rings. The quantitative estimate of drug-likeness (QED) is 0.620. The zero-order valence-electron chi connectivity index (χ0n) is 13.3. The summed E-state index contributed by atoms with van der Waals surface area (Å²) < 4.78 is 11.7. The molecule has 5 rings (SSSR count). The SMILES string of the molecule is CN1[C@@H]2CC(OC(=O)C(c3cccs3)c3cccs3)C[C@H]1[C@@H]1O[C@@H]12. The number of rotatable bonds is 4. The Kier molecular flexibility index (Phi) is 3.56. The van der Waals surface area contributed by atoms with Crippen LogP contribution in [0.15, 0.2) is 35.0 Å². The number of nitrogens with zero attached hydrogens (tertiary/aromatic N) is 1. The van der Waals surface area contributed by atoms with Gasteiger partial charge in [0, 0.05) is 34.7 Å². The summed E-state index contributed by atoms with van der Waals surface area (Å²) in [6.45, 7) is 0. The fourth-order valence-corrected chi connectivity index (χ4v) is 6.05. The highest BCUT2D eigenvalue weighted by atomic mass is 32.1. The van der Waals surface area contributed by atoms with Gasteiger partial charge >= 0.3 is 5.97 Å². The minimum atomic E-state index is -0.284. The highest BCUT2D eigenvalue weighted by molar-refractivity contribution is 7.11. The molecular weight excluding hydrogens is 342 g/mol. The molecule has 0 radical (unpaired) electrons. The van der Waals surface area contributed by atoms with Gasteiger partial charge in [0.2, 0.25) is 0 Å². The van der Waals surface area contributed by atoms with Crippen LogP contribution < -0.4 is 0 Å². The van der Waals surface area contributed by atoms with Crippen LogP contribution in [0.4, 0.5) is 0 Å². The van der Waals surface area contributed by atoms with E-state index in [2.05, 4.69) is 11.9 Å². The van der Waals surface area contributed by atoms with E-state index >= 15 is 0 Å². The molecule has 2 aromatic rings. The maximum atomic E-state index is 13.0. The van der Waals surface area contributed by atoms with Crippen molar-refractivity contribution >= 4 is 28.6 Å². The second-order valence-electron chi connectivity index (χ2n) is 6.86. The van der Waals surface area contributed by atoms with E-state index in [1.807, 2.05) is 35.0 Å². The summed E-state index contributed by atoms with van der Waals surface area (Å²) in [6, 6.07) is 8.86. The van der Waals surface area contributed by atoms with Gasteiger partial charge < -0.3 is 9.47 Å². The number of ether oxygens (including phenoxy) is 2. The van der Waals surface area contributed by atoms with Crippen molar-refractivity contribution < 1.29 is 14.3 Å². The van der Waals surface area contributed by atoms with Crippen molar-refractivity contribution in [1.29, 1.82) is 0 Å². The van der Waals surface area contributed by atoms with E-state index in [0.717, 1.165) is 22.6 Å². The predicted octanol–water partition coefficient (Wildman–Crippen LogP) is 3.10. The monoisotopic (exact) mass is 361 g/mol. The molecule has 6 heteroatoms. The predicted molar refractivity (Wildman–Crippen MR) is 93.6 cm³/mol. The van der Waals surface area contributed by atoms with E-state index in [-0.39, 0.29) is 18.0 Å². The van der Waals surface area contributed by atoms with Gasteiger partial charge in [-0.15, -0.1) is 22.7 Å². The number of esters is 1. The Bertz CT molecular complexity index is 677. The summed E-state index contributed by atoms with van der Waals surface area (Å²) in [6.07, 6.45) is 2.54. The van der Waals surface area contributed by atoms with Crippen LogP contribution in [0.3, 0.4) is 0 Å². The first-order valence-corrected chi connectivity index (χ1v) is 10.1. The largest absolute Gasteiger partial charge is 0.461 e. The van der Waals surface area contributed by atoms with E-state index in [1.54, 1.807) is 22.7 Å². The molecule has 0 saturated carbocycles. The topological polar surface area (TPSA) is 42.1 Å². The molecule has 0 spiro atoms.